The zero-order chi connectivity index (χ0) is 14.1. The molecule has 138 valence electrons. The van der Waals surface area contributed by atoms with Gasteiger partial charge in [-0.25, -0.2) is 0 Å². The van der Waals surface area contributed by atoms with Crippen LogP contribution in [0.1, 0.15) is 108 Å². The van der Waals surface area contributed by atoms with E-state index >= 15 is 0 Å². The van der Waals surface area contributed by atoms with E-state index in [-0.39, 0.29) is 29.7 Å². The quantitative estimate of drug-likeness (QED) is 0.475. The number of hydrogen-bond acceptors (Lipinski definition) is 0. The Kier molecular flexibility index (Phi) is 62.9. The van der Waals surface area contributed by atoms with Crippen LogP contribution in [0.2, 0.25) is 0 Å². The van der Waals surface area contributed by atoms with Gasteiger partial charge in [-0.1, -0.05) is 127 Å². The molecule has 0 saturated heterocycles. The van der Waals surface area contributed by atoms with Crippen LogP contribution < -0.4 is 0 Å². The summed E-state index contributed by atoms with van der Waals surface area (Å²) in [6, 6.07) is 10.7. The van der Waals surface area contributed by atoms with Crippen molar-refractivity contribution in [2.75, 3.05) is 0 Å². The van der Waals surface area contributed by atoms with Crippen LogP contribution in [0.15, 0.2) is 30.3 Å². The summed E-state index contributed by atoms with van der Waals surface area (Å²) in [7, 11) is 0. The molecule has 0 nitrogen and oxygen atoms in total. The zero-order valence-electron chi connectivity index (χ0n) is 13.3. The summed E-state index contributed by atoms with van der Waals surface area (Å²) < 4.78 is 0. The summed E-state index contributed by atoms with van der Waals surface area (Å²) in [5.41, 5.74) is 1.48. The Morgan fingerprint density at radius 2 is 1.00 bits per heavy atom. The van der Waals surface area contributed by atoms with Gasteiger partial charge in [-0.15, -0.1) is 0 Å². The third-order valence-corrected chi connectivity index (χ3v) is 2.16. The second kappa shape index (κ2) is 36.9. The predicted molar refractivity (Wildman–Crippen MR) is 113 cm³/mol. The lowest BCUT2D eigenvalue weighted by atomic mass is 10.1. The fourth-order valence-electron chi connectivity index (χ4n) is 1.40. The Bertz CT molecular complexity index is 211. The Labute approximate surface area is 145 Å². The van der Waals surface area contributed by atoms with Gasteiger partial charge in [0, 0.05) is 0 Å². The molecule has 0 aliphatic heterocycles. The fourth-order valence-corrected chi connectivity index (χ4v) is 1.40. The van der Waals surface area contributed by atoms with Gasteiger partial charge in [0.1, 0.15) is 0 Å². The molecule has 0 spiro atoms. The first kappa shape index (κ1) is 37.5. The van der Waals surface area contributed by atoms with Crippen molar-refractivity contribution in [2.24, 2.45) is 0 Å². The third kappa shape index (κ3) is 36.5. The second-order valence-electron chi connectivity index (χ2n) is 4.71. The van der Waals surface area contributed by atoms with Crippen molar-refractivity contribution in [1.29, 1.82) is 0 Å². The molecule has 1 rings (SSSR count). The van der Waals surface area contributed by atoms with Crippen molar-refractivity contribution in [2.45, 2.75) is 109 Å². The van der Waals surface area contributed by atoms with E-state index < -0.39 is 0 Å². The molecule has 0 aliphatic carbocycles. The second-order valence-corrected chi connectivity index (χ2v) is 4.71. The summed E-state index contributed by atoms with van der Waals surface area (Å²) in [4.78, 5) is 0. The topological polar surface area (TPSA) is 0 Å². The van der Waals surface area contributed by atoms with E-state index in [2.05, 4.69) is 65.0 Å². The average Bonchev–Trinajstić information content (AvgIpc) is 2.38. The monoisotopic (exact) mass is 314 g/mol. The summed E-state index contributed by atoms with van der Waals surface area (Å²) in [5, 5.41) is 0. The van der Waals surface area contributed by atoms with Gasteiger partial charge in [-0.2, -0.15) is 0 Å². The van der Waals surface area contributed by atoms with E-state index in [1.54, 1.807) is 0 Å². The molecule has 0 unspecified atom stereocenters. The van der Waals surface area contributed by atoms with Gasteiger partial charge in [0.15, 0.2) is 0 Å². The molecule has 0 fully saturated rings. The van der Waals surface area contributed by atoms with Crippen LogP contribution in [0.5, 0.6) is 0 Å². The fraction of sp³-hybridized carbons (Fsp3) is 0.727. The predicted octanol–water partition coefficient (Wildman–Crippen LogP) is 9.19. The maximum absolute atomic E-state index is 2.25. The Morgan fingerprint density at radius 3 is 1.36 bits per heavy atom. The van der Waals surface area contributed by atoms with Gasteiger partial charge in [0.2, 0.25) is 0 Å². The number of benzene rings is 1. The standard InChI is InChI=1S/C12H18.2C3H8.4CH4/c1-2-3-4-6-9-12-10-7-5-8-11-12;2*1-3-2;;;;/h5,7-8,10-11H,2-4,6,9H2,1H3;2*3H2,1-2H3;4*1H4. The highest BCUT2D eigenvalue weighted by Crippen LogP contribution is 2.06. The number of rotatable bonds is 5. The Balaban J connectivity index is -0.0000000564. The average molecular weight is 315 g/mol. The normalized spacial score (nSPS) is 7.14. The first-order valence-electron chi connectivity index (χ1n) is 7.80. The summed E-state index contributed by atoms with van der Waals surface area (Å²) in [6.45, 7) is 10.8. The Morgan fingerprint density at radius 1 is 0.591 bits per heavy atom. The molecule has 0 aliphatic rings. The van der Waals surface area contributed by atoms with Crippen LogP contribution in [0.3, 0.4) is 0 Å². The van der Waals surface area contributed by atoms with E-state index in [0.29, 0.717) is 0 Å². The Hall–Kier alpha value is -0.780. The van der Waals surface area contributed by atoms with Gasteiger partial charge in [-0.3, -0.25) is 0 Å². The summed E-state index contributed by atoms with van der Waals surface area (Å²) in [6.07, 6.45) is 9.19. The van der Waals surface area contributed by atoms with Crippen LogP contribution >= 0.6 is 0 Å². The molecule has 0 saturated carbocycles. The SMILES string of the molecule is C.C.C.C.CCC.CCC.CCCCCCc1ccccc1. The lowest BCUT2D eigenvalue weighted by molar-refractivity contribution is 0.667. The molecule has 0 heterocycles. The molecular weight excluding hydrogens is 264 g/mol. The van der Waals surface area contributed by atoms with E-state index in [0.717, 1.165) is 0 Å². The first-order chi connectivity index (χ1) is 8.76. The highest BCUT2D eigenvalue weighted by molar-refractivity contribution is 5.14. The van der Waals surface area contributed by atoms with Crippen molar-refractivity contribution in [3.63, 3.8) is 0 Å². The van der Waals surface area contributed by atoms with Gasteiger partial charge in [-0.05, 0) is 18.4 Å². The number of unbranched alkanes of at least 4 members (excludes halogenated alkanes) is 3. The lowest BCUT2D eigenvalue weighted by Gasteiger charge is -1.99. The van der Waals surface area contributed by atoms with Crippen LogP contribution in [0.4, 0.5) is 0 Å². The molecule has 0 N–H and O–H groups in total. The number of aryl methyl sites for hydroxylation is 1. The van der Waals surface area contributed by atoms with Gasteiger partial charge < -0.3 is 0 Å². The summed E-state index contributed by atoms with van der Waals surface area (Å²) >= 11 is 0. The zero-order valence-corrected chi connectivity index (χ0v) is 13.3. The molecule has 0 aromatic heterocycles. The maximum Gasteiger partial charge on any atom is -0.0279 e. The third-order valence-electron chi connectivity index (χ3n) is 2.16. The lowest BCUT2D eigenvalue weighted by Crippen LogP contribution is -1.84. The molecular formula is C22H50. The molecule has 22 heavy (non-hydrogen) atoms. The largest absolute Gasteiger partial charge is 0.0776 e. The van der Waals surface area contributed by atoms with E-state index in [4.69, 9.17) is 0 Å². The molecule has 0 bridgehead atoms. The van der Waals surface area contributed by atoms with Crippen molar-refractivity contribution >= 4 is 0 Å². The van der Waals surface area contributed by atoms with Crippen molar-refractivity contribution in [3.05, 3.63) is 35.9 Å². The van der Waals surface area contributed by atoms with Crippen molar-refractivity contribution in [1.82, 2.24) is 0 Å². The molecule has 0 heteroatoms. The highest BCUT2D eigenvalue weighted by atomic mass is 14.0. The molecule has 0 atom stereocenters. The smallest absolute Gasteiger partial charge is 0.0279 e. The van der Waals surface area contributed by atoms with E-state index in [9.17, 15) is 0 Å². The minimum absolute atomic E-state index is 0. The minimum Gasteiger partial charge on any atom is -0.0776 e. The molecule has 1 aromatic carbocycles. The van der Waals surface area contributed by atoms with Crippen LogP contribution in [-0.4, -0.2) is 0 Å². The van der Waals surface area contributed by atoms with Gasteiger partial charge >= 0.3 is 0 Å². The molecule has 0 radical (unpaired) electrons. The minimum atomic E-state index is 0. The molecule has 0 amide bonds. The maximum atomic E-state index is 2.25. The summed E-state index contributed by atoms with van der Waals surface area (Å²) in [5.74, 6) is 0. The van der Waals surface area contributed by atoms with Crippen LogP contribution in [-0.2, 0) is 6.42 Å². The highest BCUT2D eigenvalue weighted by Gasteiger charge is 1.90. The van der Waals surface area contributed by atoms with Crippen molar-refractivity contribution < 1.29 is 0 Å². The van der Waals surface area contributed by atoms with Gasteiger partial charge in [0.05, 0.1) is 0 Å². The number of hydrogen-bond donors (Lipinski definition) is 0. The van der Waals surface area contributed by atoms with Crippen molar-refractivity contribution in [3.8, 4) is 0 Å². The van der Waals surface area contributed by atoms with Crippen LogP contribution in [0.25, 0.3) is 0 Å². The molecule has 1 aromatic rings. The van der Waals surface area contributed by atoms with Gasteiger partial charge in [0.25, 0.3) is 0 Å². The van der Waals surface area contributed by atoms with E-state index in [1.165, 1.54) is 50.5 Å². The van der Waals surface area contributed by atoms with Crippen LogP contribution in [0, 0.1) is 0 Å². The van der Waals surface area contributed by atoms with E-state index in [1.807, 2.05) is 0 Å². The first-order valence-corrected chi connectivity index (χ1v) is 7.80.